The van der Waals surface area contributed by atoms with E-state index in [1.54, 1.807) is 28.4 Å². The van der Waals surface area contributed by atoms with E-state index in [0.29, 0.717) is 19.5 Å². The van der Waals surface area contributed by atoms with E-state index in [4.69, 9.17) is 0 Å². The summed E-state index contributed by atoms with van der Waals surface area (Å²) in [6, 6.07) is 16.4. The zero-order valence-corrected chi connectivity index (χ0v) is 22.3. The number of aryl methyl sites for hydroxylation is 2. The van der Waals surface area contributed by atoms with E-state index in [9.17, 15) is 8.42 Å². The van der Waals surface area contributed by atoms with Crippen molar-refractivity contribution in [3.8, 4) is 11.1 Å². The first-order valence-electron chi connectivity index (χ1n) is 12.2. The van der Waals surface area contributed by atoms with Crippen molar-refractivity contribution in [2.45, 2.75) is 31.0 Å². The number of anilines is 1. The molecule has 0 N–H and O–H groups in total. The van der Waals surface area contributed by atoms with Crippen LogP contribution in [0.25, 0.3) is 11.1 Å². The van der Waals surface area contributed by atoms with Gasteiger partial charge < -0.3 is 14.0 Å². The van der Waals surface area contributed by atoms with Crippen molar-refractivity contribution >= 4 is 15.7 Å². The van der Waals surface area contributed by atoms with E-state index in [-0.39, 0.29) is 17.6 Å². The molecule has 0 aliphatic carbocycles. The molecule has 192 valence electrons. The molecule has 5 rings (SSSR count). The monoisotopic (exact) mass is 516 g/mol. The average molecular weight is 517 g/mol. The molecule has 1 unspecified atom stereocenters. The molecule has 0 saturated carbocycles. The summed E-state index contributed by atoms with van der Waals surface area (Å²) in [5.41, 5.74) is 6.30. The highest BCUT2D eigenvalue weighted by molar-refractivity contribution is 7.89. The van der Waals surface area contributed by atoms with Gasteiger partial charge in [0.2, 0.25) is 0 Å². The number of nitrogens with zero attached hydrogens (tertiary/aromatic N) is 6. The number of fused-ring (bicyclic) bond motifs is 1. The highest BCUT2D eigenvalue weighted by Crippen LogP contribution is 2.35. The Morgan fingerprint density at radius 2 is 1.89 bits per heavy atom. The lowest BCUT2D eigenvalue weighted by atomic mass is 9.93. The molecule has 8 nitrogen and oxygen atoms in total. The van der Waals surface area contributed by atoms with Crippen molar-refractivity contribution in [2.75, 3.05) is 18.0 Å². The molecule has 1 atom stereocenters. The first kappa shape index (κ1) is 25.0. The van der Waals surface area contributed by atoms with E-state index in [0.717, 1.165) is 33.6 Å². The predicted octanol–water partition coefficient (Wildman–Crippen LogP) is 4.02. The summed E-state index contributed by atoms with van der Waals surface area (Å²) in [6.07, 6.45) is 7.31. The molecule has 0 spiro atoms. The van der Waals surface area contributed by atoms with E-state index in [1.165, 1.54) is 6.33 Å². The van der Waals surface area contributed by atoms with Crippen molar-refractivity contribution in [3.05, 3.63) is 97.0 Å². The van der Waals surface area contributed by atoms with Crippen LogP contribution in [0, 0.1) is 0 Å². The number of rotatable bonds is 8. The smallest absolute Gasteiger partial charge is 0.262 e. The van der Waals surface area contributed by atoms with Crippen molar-refractivity contribution < 1.29 is 8.42 Å². The summed E-state index contributed by atoms with van der Waals surface area (Å²) in [7, 11) is -0.0922. The molecule has 3 heterocycles. The molecule has 2 aromatic carbocycles. The lowest BCUT2D eigenvalue weighted by Gasteiger charge is -2.40. The Bertz CT molecular complexity index is 1520. The molecule has 4 aromatic rings. The zero-order valence-electron chi connectivity index (χ0n) is 21.4. The van der Waals surface area contributed by atoms with Crippen molar-refractivity contribution in [3.63, 3.8) is 0 Å². The molecule has 1 aliphatic rings. The van der Waals surface area contributed by atoms with Gasteiger partial charge in [0.15, 0.2) is 5.03 Å². The lowest BCUT2D eigenvalue weighted by molar-refractivity contribution is 0.325. The Hall–Kier alpha value is -3.69. The lowest BCUT2D eigenvalue weighted by Crippen LogP contribution is -2.51. The molecule has 1 aliphatic heterocycles. The van der Waals surface area contributed by atoms with Gasteiger partial charge in [-0.2, -0.15) is 4.31 Å². The van der Waals surface area contributed by atoms with Gasteiger partial charge in [-0.05, 0) is 42.2 Å². The number of hydrogen-bond acceptors (Lipinski definition) is 5. The summed E-state index contributed by atoms with van der Waals surface area (Å²) in [6.45, 7) is 7.29. The number of aromatic nitrogens is 4. The standard InChI is InChI=1S/C28H32N6O2S/c1-21(2)15-34(37(35,36)28-18-31(3)20-30-28)25-13-24-12-23(22-8-6-5-7-9-22)10-11-27(24)33(16-25)17-26-14-29-19-32(26)4/h5-12,14,18-20,25H,1,13,15-17H2,2-4H3. The quantitative estimate of drug-likeness (QED) is 0.331. The topological polar surface area (TPSA) is 76.3 Å². The average Bonchev–Trinajstić information content (AvgIpc) is 3.50. The third-order valence-electron chi connectivity index (χ3n) is 6.77. The molecule has 0 saturated heterocycles. The largest absolute Gasteiger partial charge is 0.364 e. The van der Waals surface area contributed by atoms with E-state index >= 15 is 0 Å². The molecule has 0 radical (unpaired) electrons. The van der Waals surface area contributed by atoms with Gasteiger partial charge in [-0.15, -0.1) is 0 Å². The molecule has 9 heteroatoms. The van der Waals surface area contributed by atoms with Crippen LogP contribution in [-0.4, -0.2) is 51.0 Å². The van der Waals surface area contributed by atoms with Crippen LogP contribution >= 0.6 is 0 Å². The summed E-state index contributed by atoms with van der Waals surface area (Å²) in [5.74, 6) is 0. The third-order valence-corrected chi connectivity index (χ3v) is 8.55. The minimum Gasteiger partial charge on any atom is -0.364 e. The van der Waals surface area contributed by atoms with Crippen LogP contribution in [-0.2, 0) is 37.1 Å². The minimum absolute atomic E-state index is 0.0540. The van der Waals surface area contributed by atoms with Gasteiger partial charge in [0.05, 0.1) is 24.9 Å². The first-order valence-corrected chi connectivity index (χ1v) is 13.7. The van der Waals surface area contributed by atoms with Gasteiger partial charge in [0.1, 0.15) is 0 Å². The fourth-order valence-electron chi connectivity index (χ4n) is 4.93. The van der Waals surface area contributed by atoms with Crippen LogP contribution < -0.4 is 4.90 Å². The number of imidazole rings is 2. The van der Waals surface area contributed by atoms with E-state index < -0.39 is 10.0 Å². The van der Waals surface area contributed by atoms with Crippen molar-refractivity contribution in [2.24, 2.45) is 14.1 Å². The summed E-state index contributed by atoms with van der Waals surface area (Å²) in [5, 5.41) is 0.0540. The number of benzene rings is 2. The molecule has 0 amide bonds. The second kappa shape index (κ2) is 9.99. The predicted molar refractivity (Wildman–Crippen MR) is 146 cm³/mol. The molecule has 2 aromatic heterocycles. The Morgan fingerprint density at radius 1 is 1.11 bits per heavy atom. The second-order valence-corrected chi connectivity index (χ2v) is 11.7. The zero-order chi connectivity index (χ0) is 26.2. The van der Waals surface area contributed by atoms with Crippen LogP contribution in [0.2, 0.25) is 0 Å². The Kier molecular flexibility index (Phi) is 6.74. The fourth-order valence-corrected chi connectivity index (χ4v) is 6.58. The second-order valence-electron chi connectivity index (χ2n) is 9.83. The minimum atomic E-state index is -3.84. The van der Waals surface area contributed by atoms with Gasteiger partial charge >= 0.3 is 0 Å². The summed E-state index contributed by atoms with van der Waals surface area (Å²) in [4.78, 5) is 10.7. The normalized spacial score (nSPS) is 15.7. The van der Waals surface area contributed by atoms with Crippen LogP contribution in [0.4, 0.5) is 5.69 Å². The highest BCUT2D eigenvalue weighted by atomic mass is 32.2. The summed E-state index contributed by atoms with van der Waals surface area (Å²) >= 11 is 0. The van der Waals surface area contributed by atoms with Crippen LogP contribution in [0.3, 0.4) is 0 Å². The van der Waals surface area contributed by atoms with Gasteiger partial charge in [-0.25, -0.2) is 18.4 Å². The first-order chi connectivity index (χ1) is 17.7. The highest BCUT2D eigenvalue weighted by Gasteiger charge is 2.37. The number of hydrogen-bond donors (Lipinski definition) is 0. The Balaban J connectivity index is 1.58. The van der Waals surface area contributed by atoms with Crippen LogP contribution in [0.5, 0.6) is 0 Å². The van der Waals surface area contributed by atoms with Crippen molar-refractivity contribution in [1.29, 1.82) is 0 Å². The molecule has 0 fully saturated rings. The van der Waals surface area contributed by atoms with E-state index in [1.807, 2.05) is 42.9 Å². The van der Waals surface area contributed by atoms with E-state index in [2.05, 4.69) is 51.8 Å². The van der Waals surface area contributed by atoms with Crippen molar-refractivity contribution in [1.82, 2.24) is 23.4 Å². The summed E-state index contributed by atoms with van der Waals surface area (Å²) < 4.78 is 32.9. The Labute approximate surface area is 218 Å². The maximum Gasteiger partial charge on any atom is 0.262 e. The van der Waals surface area contributed by atoms with Gasteiger partial charge in [0.25, 0.3) is 10.0 Å². The maximum atomic E-state index is 13.8. The van der Waals surface area contributed by atoms with Gasteiger partial charge in [-0.3, -0.25) is 0 Å². The number of sulfonamides is 1. The van der Waals surface area contributed by atoms with Crippen LogP contribution in [0.1, 0.15) is 18.2 Å². The Morgan fingerprint density at radius 3 is 2.54 bits per heavy atom. The third kappa shape index (κ3) is 5.10. The van der Waals surface area contributed by atoms with Crippen LogP contribution in [0.15, 0.2) is 90.8 Å². The molecular formula is C28H32N6O2S. The molecule has 37 heavy (non-hydrogen) atoms. The maximum absolute atomic E-state index is 13.8. The van der Waals surface area contributed by atoms with Gasteiger partial charge in [0, 0.05) is 51.3 Å². The molecule has 0 bridgehead atoms. The fraction of sp³-hybridized carbons (Fsp3) is 0.286. The molecular weight excluding hydrogens is 484 g/mol. The SMILES string of the molecule is C=C(C)CN(C1Cc2cc(-c3ccccc3)ccc2N(Cc2cncn2C)C1)S(=O)(=O)c1cn(C)cn1. The van der Waals surface area contributed by atoms with Gasteiger partial charge in [-0.1, -0.05) is 48.6 Å².